The average molecular weight is 460 g/mol. The van der Waals surface area contributed by atoms with E-state index in [4.69, 9.17) is 29.6 Å². The summed E-state index contributed by atoms with van der Waals surface area (Å²) in [6, 6.07) is 0. The maximum atomic E-state index is 8.94. The molecular weight excluding hydrogens is 406 g/mol. The van der Waals surface area contributed by atoms with Crippen molar-refractivity contribution in [3.8, 4) is 0 Å². The van der Waals surface area contributed by atoms with Crippen LogP contribution in [0.25, 0.3) is 0 Å². The second-order valence-electron chi connectivity index (χ2n) is 13.9. The lowest BCUT2D eigenvalue weighted by molar-refractivity contribution is 0.0612. The zero-order valence-electron chi connectivity index (χ0n) is 23.2. The summed E-state index contributed by atoms with van der Waals surface area (Å²) in [6.07, 6.45) is 2.89. The highest BCUT2D eigenvalue weighted by Gasteiger charge is 2.36. The first-order valence-corrected chi connectivity index (χ1v) is 12.0. The Morgan fingerprint density at radius 3 is 1.59 bits per heavy atom. The van der Waals surface area contributed by atoms with Crippen LogP contribution in [0.4, 0.5) is 0 Å². The van der Waals surface area contributed by atoms with Gasteiger partial charge < -0.3 is 29.6 Å². The van der Waals surface area contributed by atoms with E-state index in [1.807, 2.05) is 41.5 Å². The Hall–Kier alpha value is -0.110. The molecule has 192 valence electrons. The minimum atomic E-state index is -1.16. The van der Waals surface area contributed by atoms with Gasteiger partial charge in [-0.25, -0.2) is 0 Å². The Bertz CT molecular complexity index is 451. The van der Waals surface area contributed by atoms with E-state index in [-0.39, 0.29) is 36.1 Å². The van der Waals surface area contributed by atoms with Crippen LogP contribution >= 0.6 is 0 Å². The van der Waals surface area contributed by atoms with Gasteiger partial charge in [-0.05, 0) is 47.1 Å². The van der Waals surface area contributed by atoms with Gasteiger partial charge in [0, 0.05) is 0 Å². The van der Waals surface area contributed by atoms with Gasteiger partial charge in [0.2, 0.25) is 0 Å². The van der Waals surface area contributed by atoms with Gasteiger partial charge in [-0.2, -0.15) is 0 Å². The minimum Gasteiger partial charge on any atom is -0.427 e. The number of aliphatic hydroxyl groups is 2. The van der Waals surface area contributed by atoms with Crippen molar-refractivity contribution in [2.45, 2.75) is 121 Å². The molecule has 0 aromatic rings. The van der Waals surface area contributed by atoms with Crippen LogP contribution in [0.15, 0.2) is 0 Å². The largest absolute Gasteiger partial charge is 0.457 e. The molecule has 6 nitrogen and oxygen atoms in total. The van der Waals surface area contributed by atoms with Gasteiger partial charge in [0.25, 0.3) is 0 Å². The van der Waals surface area contributed by atoms with Crippen molar-refractivity contribution in [1.82, 2.24) is 0 Å². The molecule has 1 aliphatic heterocycles. The quantitative estimate of drug-likeness (QED) is 0.446. The Morgan fingerprint density at radius 1 is 0.844 bits per heavy atom. The first-order chi connectivity index (χ1) is 14.0. The fourth-order valence-corrected chi connectivity index (χ4v) is 3.22. The number of aliphatic hydroxyl groups excluding tert-OH is 2. The minimum absolute atomic E-state index is 0.0114. The van der Waals surface area contributed by atoms with Crippen molar-refractivity contribution in [2.75, 3.05) is 13.2 Å². The molecule has 0 aliphatic carbocycles. The maximum Gasteiger partial charge on any atom is 0.457 e. The lowest BCUT2D eigenvalue weighted by atomic mass is 9.71. The number of hydrogen-bond donors (Lipinski definition) is 4. The first kappa shape index (κ1) is 34.1. The van der Waals surface area contributed by atoms with Crippen molar-refractivity contribution in [1.29, 1.82) is 0 Å². The van der Waals surface area contributed by atoms with Crippen molar-refractivity contribution >= 4 is 14.2 Å². The molecule has 0 bridgehead atoms. The molecule has 0 aromatic heterocycles. The fraction of sp³-hybridized carbons (Fsp3) is 1.00. The van der Waals surface area contributed by atoms with E-state index < -0.39 is 13.2 Å². The molecule has 1 fully saturated rings. The van der Waals surface area contributed by atoms with E-state index in [0.29, 0.717) is 18.2 Å². The van der Waals surface area contributed by atoms with Crippen LogP contribution in [0.2, 0.25) is 12.6 Å². The molecule has 0 amide bonds. The lowest BCUT2D eigenvalue weighted by Crippen LogP contribution is -2.25. The molecule has 1 aliphatic rings. The summed E-state index contributed by atoms with van der Waals surface area (Å²) in [6.45, 7) is 26.0. The SMILES string of the molecule is CC(C)(C)CB(O)O.CC(C)(C)CB1OCC(CC(C)(C)C)O1.CC(C)(C)CC(O)CO. The molecule has 0 spiro atoms. The normalized spacial score (nSPS) is 18.4. The summed E-state index contributed by atoms with van der Waals surface area (Å²) in [4.78, 5) is 0. The monoisotopic (exact) mass is 460 g/mol. The predicted molar refractivity (Wildman–Crippen MR) is 137 cm³/mol. The molecule has 0 radical (unpaired) electrons. The van der Waals surface area contributed by atoms with Gasteiger partial charge in [0.05, 0.1) is 25.4 Å². The third kappa shape index (κ3) is 26.1. The van der Waals surface area contributed by atoms with Crippen LogP contribution < -0.4 is 0 Å². The first-order valence-electron chi connectivity index (χ1n) is 12.0. The van der Waals surface area contributed by atoms with Gasteiger partial charge in [0.15, 0.2) is 0 Å². The second-order valence-corrected chi connectivity index (χ2v) is 13.9. The van der Waals surface area contributed by atoms with E-state index in [9.17, 15) is 0 Å². The van der Waals surface area contributed by atoms with Gasteiger partial charge in [0.1, 0.15) is 0 Å². The van der Waals surface area contributed by atoms with Crippen molar-refractivity contribution in [3.05, 3.63) is 0 Å². The third-order valence-electron chi connectivity index (χ3n) is 4.29. The summed E-state index contributed by atoms with van der Waals surface area (Å²) >= 11 is 0. The van der Waals surface area contributed by atoms with Crippen LogP contribution in [0, 0.1) is 21.7 Å². The van der Waals surface area contributed by atoms with Crippen molar-refractivity contribution < 1.29 is 29.6 Å². The molecule has 0 aromatic carbocycles. The van der Waals surface area contributed by atoms with Crippen molar-refractivity contribution in [3.63, 3.8) is 0 Å². The lowest BCUT2D eigenvalue weighted by Gasteiger charge is -2.23. The predicted octanol–water partition coefficient (Wildman–Crippen LogP) is 4.65. The molecule has 2 unspecified atom stereocenters. The van der Waals surface area contributed by atoms with E-state index in [0.717, 1.165) is 19.3 Å². The summed E-state index contributed by atoms with van der Waals surface area (Å²) in [5.74, 6) is 0. The van der Waals surface area contributed by atoms with Gasteiger partial charge >= 0.3 is 14.2 Å². The van der Waals surface area contributed by atoms with Crippen LogP contribution in [-0.4, -0.2) is 59.9 Å². The topological polar surface area (TPSA) is 99.4 Å². The molecule has 0 saturated carbocycles. The summed E-state index contributed by atoms with van der Waals surface area (Å²) in [7, 11) is -1.15. The zero-order chi connectivity index (χ0) is 26.0. The third-order valence-corrected chi connectivity index (χ3v) is 4.29. The highest BCUT2D eigenvalue weighted by atomic mass is 16.6. The fourth-order valence-electron chi connectivity index (χ4n) is 3.22. The number of rotatable bonds is 5. The Kier molecular flexibility index (Phi) is 15.2. The zero-order valence-corrected chi connectivity index (χ0v) is 23.2. The molecule has 4 N–H and O–H groups in total. The molecular formula is C24H54B2O6. The summed E-state index contributed by atoms with van der Waals surface area (Å²) < 4.78 is 11.6. The van der Waals surface area contributed by atoms with Crippen LogP contribution in [0.3, 0.4) is 0 Å². The average Bonchev–Trinajstić information content (AvgIpc) is 2.86. The number of hydrogen-bond acceptors (Lipinski definition) is 6. The molecule has 1 saturated heterocycles. The second kappa shape index (κ2) is 14.3. The molecule has 32 heavy (non-hydrogen) atoms. The molecule has 1 heterocycles. The van der Waals surface area contributed by atoms with Gasteiger partial charge in [-0.3, -0.25) is 0 Å². The van der Waals surface area contributed by atoms with Gasteiger partial charge in [-0.1, -0.05) is 83.1 Å². The Morgan fingerprint density at radius 2 is 1.34 bits per heavy atom. The maximum absolute atomic E-state index is 8.94. The van der Waals surface area contributed by atoms with Crippen LogP contribution in [0.1, 0.15) is 95.9 Å². The van der Waals surface area contributed by atoms with E-state index in [2.05, 4.69) is 41.5 Å². The smallest absolute Gasteiger partial charge is 0.427 e. The molecule has 8 heteroatoms. The molecule has 2 atom stereocenters. The summed E-state index contributed by atoms with van der Waals surface area (Å²) in [5.41, 5.74) is 0.738. The summed E-state index contributed by atoms with van der Waals surface area (Å²) in [5, 5.41) is 34.3. The Balaban J connectivity index is 0. The van der Waals surface area contributed by atoms with E-state index in [1.54, 1.807) is 0 Å². The highest BCUT2D eigenvalue weighted by Crippen LogP contribution is 2.30. The van der Waals surface area contributed by atoms with Crippen LogP contribution in [-0.2, 0) is 9.31 Å². The van der Waals surface area contributed by atoms with Crippen molar-refractivity contribution in [2.24, 2.45) is 21.7 Å². The van der Waals surface area contributed by atoms with Crippen LogP contribution in [0.5, 0.6) is 0 Å². The molecule has 1 rings (SSSR count). The Labute approximate surface area is 199 Å². The highest BCUT2D eigenvalue weighted by molar-refractivity contribution is 6.45. The standard InChI is InChI=1S/C12H25BO2.C7H16O2.C5H13BO2/c1-11(2,3)7-10-8-14-13(15-10)9-12(4,5)6;1-7(2,3)4-6(9)5-8;1-5(2,3)4-6(7)8/h10H,7-9H2,1-6H3;6,8-9H,4-5H2,1-3H3;7-8H,4H2,1-3H3. The van der Waals surface area contributed by atoms with E-state index in [1.165, 1.54) is 0 Å². The van der Waals surface area contributed by atoms with Gasteiger partial charge in [-0.15, -0.1) is 0 Å². The van der Waals surface area contributed by atoms with E-state index >= 15 is 0 Å².